The minimum Gasteiger partial charge on any atom is -0.370 e. The Morgan fingerprint density at radius 1 is 1.10 bits per heavy atom. The summed E-state index contributed by atoms with van der Waals surface area (Å²) in [5.41, 5.74) is 12.3. The topological polar surface area (TPSA) is 102 Å². The standard InChI is InChI=1S/C14H14N6/c15-13-18-9-7-14(16,20-13)11-6-8-17-12(19-11)10-4-2-1-3-5-10/h1-9H,16H2,(H3,15,18,20). The summed E-state index contributed by atoms with van der Waals surface area (Å²) >= 11 is 0. The van der Waals surface area contributed by atoms with Crippen LogP contribution < -0.4 is 16.8 Å². The molecular formula is C14H14N6. The molecule has 1 unspecified atom stereocenters. The first-order valence-corrected chi connectivity index (χ1v) is 6.15. The van der Waals surface area contributed by atoms with Gasteiger partial charge in [0.2, 0.25) is 0 Å². The lowest BCUT2D eigenvalue weighted by atomic mass is 10.1. The second kappa shape index (κ2) is 4.75. The molecule has 1 atom stereocenters. The van der Waals surface area contributed by atoms with Gasteiger partial charge in [0.1, 0.15) is 0 Å². The Kier molecular flexibility index (Phi) is 2.92. The van der Waals surface area contributed by atoms with Gasteiger partial charge in [0, 0.05) is 18.0 Å². The summed E-state index contributed by atoms with van der Waals surface area (Å²) in [6.45, 7) is 0. The summed E-state index contributed by atoms with van der Waals surface area (Å²) in [4.78, 5) is 13.0. The van der Waals surface area contributed by atoms with Gasteiger partial charge in [-0.15, -0.1) is 0 Å². The van der Waals surface area contributed by atoms with Crippen molar-refractivity contribution in [3.8, 4) is 11.4 Å². The Balaban J connectivity index is 2.04. The zero-order valence-corrected chi connectivity index (χ0v) is 10.7. The third-order valence-corrected chi connectivity index (χ3v) is 2.97. The molecule has 100 valence electrons. The van der Waals surface area contributed by atoms with E-state index in [4.69, 9.17) is 11.5 Å². The van der Waals surface area contributed by atoms with E-state index in [1.54, 1.807) is 24.5 Å². The monoisotopic (exact) mass is 266 g/mol. The molecule has 1 aliphatic heterocycles. The molecule has 0 saturated carbocycles. The average Bonchev–Trinajstić information content (AvgIpc) is 2.48. The van der Waals surface area contributed by atoms with Crippen LogP contribution in [0.2, 0.25) is 0 Å². The Morgan fingerprint density at radius 2 is 1.90 bits per heavy atom. The van der Waals surface area contributed by atoms with Crippen molar-refractivity contribution in [2.45, 2.75) is 5.66 Å². The minimum absolute atomic E-state index is 0.259. The van der Waals surface area contributed by atoms with Gasteiger partial charge in [-0.1, -0.05) is 30.3 Å². The van der Waals surface area contributed by atoms with E-state index in [1.807, 2.05) is 30.3 Å². The fourth-order valence-electron chi connectivity index (χ4n) is 1.97. The largest absolute Gasteiger partial charge is 0.370 e. The normalized spacial score (nSPS) is 21.1. The van der Waals surface area contributed by atoms with Crippen molar-refractivity contribution < 1.29 is 0 Å². The first-order chi connectivity index (χ1) is 9.67. The van der Waals surface area contributed by atoms with Gasteiger partial charge in [0.15, 0.2) is 17.4 Å². The second-order valence-electron chi connectivity index (χ2n) is 4.43. The quantitative estimate of drug-likeness (QED) is 0.742. The molecule has 20 heavy (non-hydrogen) atoms. The lowest BCUT2D eigenvalue weighted by molar-refractivity contribution is 0.560. The number of rotatable bonds is 2. The van der Waals surface area contributed by atoms with E-state index in [9.17, 15) is 0 Å². The molecule has 6 heteroatoms. The number of aromatic nitrogens is 2. The average molecular weight is 266 g/mol. The highest BCUT2D eigenvalue weighted by atomic mass is 15.2. The minimum atomic E-state index is -1.07. The Bertz CT molecular complexity index is 679. The maximum absolute atomic E-state index is 6.23. The van der Waals surface area contributed by atoms with Crippen molar-refractivity contribution in [2.24, 2.45) is 16.5 Å². The molecule has 0 bridgehead atoms. The summed E-state index contributed by atoms with van der Waals surface area (Å²) in [5.74, 6) is 0.864. The zero-order chi connectivity index (χ0) is 14.0. The van der Waals surface area contributed by atoms with Crippen LogP contribution in [0.3, 0.4) is 0 Å². The van der Waals surface area contributed by atoms with E-state index in [2.05, 4.69) is 20.3 Å². The lowest BCUT2D eigenvalue weighted by Gasteiger charge is -2.24. The fraction of sp³-hybridized carbons (Fsp3) is 0.0714. The van der Waals surface area contributed by atoms with Gasteiger partial charge >= 0.3 is 0 Å². The highest BCUT2D eigenvalue weighted by molar-refractivity contribution is 5.80. The van der Waals surface area contributed by atoms with Crippen molar-refractivity contribution in [2.75, 3.05) is 0 Å². The Morgan fingerprint density at radius 3 is 2.65 bits per heavy atom. The Hall–Kier alpha value is -2.73. The van der Waals surface area contributed by atoms with Crippen molar-refractivity contribution in [3.63, 3.8) is 0 Å². The second-order valence-corrected chi connectivity index (χ2v) is 4.43. The molecule has 0 radical (unpaired) electrons. The van der Waals surface area contributed by atoms with Gasteiger partial charge < -0.3 is 11.1 Å². The molecule has 1 aliphatic rings. The lowest BCUT2D eigenvalue weighted by Crippen LogP contribution is -2.42. The number of nitrogens with zero attached hydrogens (tertiary/aromatic N) is 3. The maximum Gasteiger partial charge on any atom is 0.195 e. The number of hydrogen-bond donors (Lipinski definition) is 3. The molecule has 6 nitrogen and oxygen atoms in total. The summed E-state index contributed by atoms with van der Waals surface area (Å²) in [6.07, 6.45) is 5.04. The van der Waals surface area contributed by atoms with E-state index in [0.717, 1.165) is 5.56 Å². The van der Waals surface area contributed by atoms with Crippen LogP contribution in [0.25, 0.3) is 11.4 Å². The van der Waals surface area contributed by atoms with Crippen LogP contribution in [0.15, 0.2) is 59.9 Å². The van der Waals surface area contributed by atoms with Crippen LogP contribution in [0, 0.1) is 0 Å². The van der Waals surface area contributed by atoms with Gasteiger partial charge in [0.25, 0.3) is 0 Å². The third-order valence-electron chi connectivity index (χ3n) is 2.97. The van der Waals surface area contributed by atoms with Gasteiger partial charge in [-0.25, -0.2) is 15.0 Å². The molecule has 3 rings (SSSR count). The summed E-state index contributed by atoms with van der Waals surface area (Å²) in [7, 11) is 0. The van der Waals surface area contributed by atoms with Gasteiger partial charge in [0.05, 0.1) is 5.69 Å². The SMILES string of the molecule is NC1=NC(N)(c2ccnc(-c3ccccc3)n2)C=CN1. The fourth-order valence-corrected chi connectivity index (χ4v) is 1.97. The van der Waals surface area contributed by atoms with E-state index in [-0.39, 0.29) is 5.96 Å². The predicted octanol–water partition coefficient (Wildman–Crippen LogP) is 0.687. The number of guanidine groups is 1. The van der Waals surface area contributed by atoms with Gasteiger partial charge in [-0.3, -0.25) is 5.73 Å². The molecule has 1 aromatic carbocycles. The van der Waals surface area contributed by atoms with Gasteiger partial charge in [-0.05, 0) is 12.1 Å². The molecule has 2 heterocycles. The number of aliphatic imine (C=N–C) groups is 1. The molecule has 2 aromatic rings. The van der Waals surface area contributed by atoms with Gasteiger partial charge in [-0.2, -0.15) is 0 Å². The van der Waals surface area contributed by atoms with Crippen molar-refractivity contribution in [3.05, 3.63) is 60.6 Å². The Labute approximate surface area is 116 Å². The first-order valence-electron chi connectivity index (χ1n) is 6.15. The number of nitrogens with two attached hydrogens (primary N) is 2. The predicted molar refractivity (Wildman–Crippen MR) is 77.2 cm³/mol. The third kappa shape index (κ3) is 2.24. The molecule has 0 spiro atoms. The van der Waals surface area contributed by atoms with Crippen LogP contribution in [0.5, 0.6) is 0 Å². The van der Waals surface area contributed by atoms with Crippen molar-refractivity contribution in [1.29, 1.82) is 0 Å². The maximum atomic E-state index is 6.23. The summed E-state index contributed by atoms with van der Waals surface area (Å²) < 4.78 is 0. The molecule has 0 saturated heterocycles. The molecule has 0 amide bonds. The van der Waals surface area contributed by atoms with Crippen LogP contribution >= 0.6 is 0 Å². The smallest absolute Gasteiger partial charge is 0.195 e. The van der Waals surface area contributed by atoms with Crippen molar-refractivity contribution >= 4 is 5.96 Å². The van der Waals surface area contributed by atoms with E-state index >= 15 is 0 Å². The summed E-state index contributed by atoms with van der Waals surface area (Å²) in [6, 6.07) is 11.4. The summed E-state index contributed by atoms with van der Waals surface area (Å²) in [5, 5.41) is 2.78. The molecule has 0 aliphatic carbocycles. The highest BCUT2D eigenvalue weighted by Crippen LogP contribution is 2.23. The molecule has 1 aromatic heterocycles. The number of benzene rings is 1. The highest BCUT2D eigenvalue weighted by Gasteiger charge is 2.28. The van der Waals surface area contributed by atoms with E-state index in [0.29, 0.717) is 11.5 Å². The number of nitrogens with one attached hydrogen (secondary N) is 1. The van der Waals surface area contributed by atoms with Crippen LogP contribution in [-0.4, -0.2) is 15.9 Å². The zero-order valence-electron chi connectivity index (χ0n) is 10.7. The van der Waals surface area contributed by atoms with Crippen LogP contribution in [0.1, 0.15) is 5.69 Å². The molecule has 5 N–H and O–H groups in total. The van der Waals surface area contributed by atoms with E-state index < -0.39 is 5.66 Å². The molecule has 0 fully saturated rings. The number of hydrogen-bond acceptors (Lipinski definition) is 6. The molecular weight excluding hydrogens is 252 g/mol. The first kappa shape index (κ1) is 12.3. The van der Waals surface area contributed by atoms with Crippen LogP contribution in [0.4, 0.5) is 0 Å². The van der Waals surface area contributed by atoms with E-state index in [1.165, 1.54) is 0 Å². The van der Waals surface area contributed by atoms with Crippen molar-refractivity contribution in [1.82, 2.24) is 15.3 Å². The van der Waals surface area contributed by atoms with Crippen LogP contribution in [-0.2, 0) is 5.66 Å².